The van der Waals surface area contributed by atoms with Gasteiger partial charge in [-0.15, -0.1) is 0 Å². The molecule has 2 fully saturated rings. The minimum Gasteiger partial charge on any atom is -0.490 e. The summed E-state index contributed by atoms with van der Waals surface area (Å²) in [5.41, 5.74) is 1.35. The quantitative estimate of drug-likeness (QED) is 0.857. The van der Waals surface area contributed by atoms with Crippen LogP contribution in [0.5, 0.6) is 5.75 Å². The normalized spacial score (nSPS) is 21.2. The first-order valence-corrected chi connectivity index (χ1v) is 8.39. The maximum absolute atomic E-state index is 6.08. The third-order valence-corrected chi connectivity index (χ3v) is 4.70. The number of nitrogens with one attached hydrogen (secondary N) is 1. The molecule has 20 heavy (non-hydrogen) atoms. The summed E-state index contributed by atoms with van der Waals surface area (Å²) in [5, 5.41) is 3.70. The molecule has 0 saturated heterocycles. The molecular formula is C18H27NO. The van der Waals surface area contributed by atoms with Crippen molar-refractivity contribution in [2.24, 2.45) is 0 Å². The highest BCUT2D eigenvalue weighted by Gasteiger charge is 2.16. The molecule has 0 unspecified atom stereocenters. The number of hydrogen-bond acceptors (Lipinski definition) is 2. The minimum atomic E-state index is 0.455. The average molecular weight is 273 g/mol. The van der Waals surface area contributed by atoms with Crippen LogP contribution in [-0.2, 0) is 6.54 Å². The standard InChI is InChI=1S/C18H27NO/c1-2-8-16(9-3-1)19-14-15-7-6-12-18(13-15)20-17-10-4-5-11-17/h6-7,12-13,16-17,19H,1-5,8-11,14H2. The molecular weight excluding hydrogens is 246 g/mol. The molecule has 3 rings (SSSR count). The summed E-state index contributed by atoms with van der Waals surface area (Å²) in [6.45, 7) is 0.979. The number of hydrogen-bond donors (Lipinski definition) is 1. The van der Waals surface area contributed by atoms with Crippen LogP contribution in [0.3, 0.4) is 0 Å². The van der Waals surface area contributed by atoms with Crippen molar-refractivity contribution in [2.75, 3.05) is 0 Å². The van der Waals surface area contributed by atoms with E-state index in [0.29, 0.717) is 6.10 Å². The van der Waals surface area contributed by atoms with Gasteiger partial charge in [0, 0.05) is 12.6 Å². The number of ether oxygens (including phenoxy) is 1. The second-order valence-electron chi connectivity index (χ2n) is 6.39. The van der Waals surface area contributed by atoms with E-state index < -0.39 is 0 Å². The highest BCUT2D eigenvalue weighted by atomic mass is 16.5. The van der Waals surface area contributed by atoms with Crippen molar-refractivity contribution in [1.82, 2.24) is 5.32 Å². The molecule has 2 aliphatic carbocycles. The lowest BCUT2D eigenvalue weighted by Crippen LogP contribution is -2.30. The second-order valence-corrected chi connectivity index (χ2v) is 6.39. The van der Waals surface area contributed by atoms with Crippen LogP contribution in [0.2, 0.25) is 0 Å². The van der Waals surface area contributed by atoms with E-state index in [1.165, 1.54) is 63.4 Å². The first kappa shape index (κ1) is 13.9. The van der Waals surface area contributed by atoms with Crippen molar-refractivity contribution in [1.29, 1.82) is 0 Å². The SMILES string of the molecule is c1cc(CNC2CCCCC2)cc(OC2CCCC2)c1. The minimum absolute atomic E-state index is 0.455. The van der Waals surface area contributed by atoms with E-state index in [0.717, 1.165) is 18.3 Å². The van der Waals surface area contributed by atoms with E-state index in [9.17, 15) is 0 Å². The van der Waals surface area contributed by atoms with Crippen molar-refractivity contribution in [3.05, 3.63) is 29.8 Å². The molecule has 0 aliphatic heterocycles. The van der Waals surface area contributed by atoms with Gasteiger partial charge in [0.2, 0.25) is 0 Å². The molecule has 110 valence electrons. The molecule has 0 spiro atoms. The zero-order chi connectivity index (χ0) is 13.6. The molecule has 2 nitrogen and oxygen atoms in total. The first-order valence-electron chi connectivity index (χ1n) is 8.39. The Morgan fingerprint density at radius 2 is 1.70 bits per heavy atom. The summed E-state index contributed by atoms with van der Waals surface area (Å²) >= 11 is 0. The Hall–Kier alpha value is -1.02. The van der Waals surface area contributed by atoms with Crippen molar-refractivity contribution in [3.8, 4) is 5.75 Å². The molecule has 1 N–H and O–H groups in total. The highest BCUT2D eigenvalue weighted by Crippen LogP contribution is 2.25. The van der Waals surface area contributed by atoms with Gasteiger partial charge in [-0.1, -0.05) is 31.4 Å². The van der Waals surface area contributed by atoms with Crippen LogP contribution in [0.1, 0.15) is 63.4 Å². The van der Waals surface area contributed by atoms with E-state index in [4.69, 9.17) is 4.74 Å². The molecule has 0 atom stereocenters. The van der Waals surface area contributed by atoms with Crippen LogP contribution in [-0.4, -0.2) is 12.1 Å². The number of rotatable bonds is 5. The topological polar surface area (TPSA) is 21.3 Å². The summed E-state index contributed by atoms with van der Waals surface area (Å²) < 4.78 is 6.08. The van der Waals surface area contributed by atoms with Gasteiger partial charge in [0.25, 0.3) is 0 Å². The van der Waals surface area contributed by atoms with Crippen LogP contribution in [0.4, 0.5) is 0 Å². The van der Waals surface area contributed by atoms with Gasteiger partial charge in [-0.05, 0) is 56.2 Å². The zero-order valence-electron chi connectivity index (χ0n) is 12.4. The maximum atomic E-state index is 6.08. The summed E-state index contributed by atoms with van der Waals surface area (Å²) in [4.78, 5) is 0. The Labute approximate surface area is 122 Å². The summed E-state index contributed by atoms with van der Waals surface area (Å²) in [6.07, 6.45) is 12.5. The lowest BCUT2D eigenvalue weighted by molar-refractivity contribution is 0.210. The van der Waals surface area contributed by atoms with Crippen molar-refractivity contribution < 1.29 is 4.74 Å². The Morgan fingerprint density at radius 3 is 2.50 bits per heavy atom. The van der Waals surface area contributed by atoms with Crippen LogP contribution in [0.25, 0.3) is 0 Å². The van der Waals surface area contributed by atoms with E-state index in [2.05, 4.69) is 29.6 Å². The zero-order valence-corrected chi connectivity index (χ0v) is 12.4. The fraction of sp³-hybridized carbons (Fsp3) is 0.667. The van der Waals surface area contributed by atoms with Crippen LogP contribution >= 0.6 is 0 Å². The predicted octanol–water partition coefficient (Wildman–Crippen LogP) is 4.43. The lowest BCUT2D eigenvalue weighted by Gasteiger charge is -2.23. The van der Waals surface area contributed by atoms with E-state index in [1.54, 1.807) is 0 Å². The summed E-state index contributed by atoms with van der Waals surface area (Å²) in [6, 6.07) is 9.37. The van der Waals surface area contributed by atoms with Gasteiger partial charge in [0.05, 0.1) is 6.10 Å². The van der Waals surface area contributed by atoms with E-state index >= 15 is 0 Å². The summed E-state index contributed by atoms with van der Waals surface area (Å²) in [5.74, 6) is 1.06. The first-order chi connectivity index (χ1) is 9.90. The molecule has 1 aromatic carbocycles. The largest absolute Gasteiger partial charge is 0.490 e. The molecule has 0 bridgehead atoms. The average Bonchev–Trinajstić information content (AvgIpc) is 3.00. The smallest absolute Gasteiger partial charge is 0.120 e. The highest BCUT2D eigenvalue weighted by molar-refractivity contribution is 5.28. The van der Waals surface area contributed by atoms with Gasteiger partial charge in [-0.2, -0.15) is 0 Å². The van der Waals surface area contributed by atoms with Gasteiger partial charge in [0.15, 0.2) is 0 Å². The lowest BCUT2D eigenvalue weighted by atomic mass is 9.95. The molecule has 0 aromatic heterocycles. The van der Waals surface area contributed by atoms with Gasteiger partial charge >= 0.3 is 0 Å². The predicted molar refractivity (Wildman–Crippen MR) is 83.0 cm³/mol. The van der Waals surface area contributed by atoms with Crippen molar-refractivity contribution in [3.63, 3.8) is 0 Å². The van der Waals surface area contributed by atoms with Crippen LogP contribution in [0, 0.1) is 0 Å². The fourth-order valence-corrected chi connectivity index (χ4v) is 3.50. The fourth-order valence-electron chi connectivity index (χ4n) is 3.50. The summed E-state index contributed by atoms with van der Waals surface area (Å²) in [7, 11) is 0. The third kappa shape index (κ3) is 3.99. The van der Waals surface area contributed by atoms with Gasteiger partial charge in [-0.25, -0.2) is 0 Å². The molecule has 1 aromatic rings. The molecule has 2 saturated carbocycles. The molecule has 0 radical (unpaired) electrons. The van der Waals surface area contributed by atoms with Crippen molar-refractivity contribution in [2.45, 2.75) is 76.5 Å². The Morgan fingerprint density at radius 1 is 0.950 bits per heavy atom. The number of benzene rings is 1. The third-order valence-electron chi connectivity index (χ3n) is 4.70. The van der Waals surface area contributed by atoms with E-state index in [1.807, 2.05) is 0 Å². The second kappa shape index (κ2) is 7.12. The Kier molecular flexibility index (Phi) is 4.96. The molecule has 0 heterocycles. The molecule has 0 amide bonds. The van der Waals surface area contributed by atoms with Gasteiger partial charge in [0.1, 0.15) is 5.75 Å². The Balaban J connectivity index is 1.50. The maximum Gasteiger partial charge on any atom is 0.120 e. The van der Waals surface area contributed by atoms with Crippen LogP contribution in [0.15, 0.2) is 24.3 Å². The Bertz CT molecular complexity index is 406. The van der Waals surface area contributed by atoms with Crippen LogP contribution < -0.4 is 10.1 Å². The van der Waals surface area contributed by atoms with E-state index in [-0.39, 0.29) is 0 Å². The monoisotopic (exact) mass is 273 g/mol. The van der Waals surface area contributed by atoms with Gasteiger partial charge < -0.3 is 10.1 Å². The molecule has 2 heteroatoms. The van der Waals surface area contributed by atoms with Gasteiger partial charge in [-0.3, -0.25) is 0 Å². The van der Waals surface area contributed by atoms with Crippen molar-refractivity contribution >= 4 is 0 Å². The molecule has 2 aliphatic rings.